The van der Waals surface area contributed by atoms with E-state index in [2.05, 4.69) is 27.4 Å². The molecule has 1 fully saturated rings. The number of aromatic nitrogens is 3. The largest absolute Gasteiger partial charge is 0.353 e. The summed E-state index contributed by atoms with van der Waals surface area (Å²) in [4.78, 5) is 15.4. The Kier molecular flexibility index (Phi) is 3.25. The van der Waals surface area contributed by atoms with E-state index in [1.54, 1.807) is 0 Å². The maximum absolute atomic E-state index is 11.5. The van der Waals surface area contributed by atoms with Gasteiger partial charge in [0.1, 0.15) is 6.33 Å². The van der Waals surface area contributed by atoms with Gasteiger partial charge in [-0.3, -0.25) is 9.89 Å². The van der Waals surface area contributed by atoms with Crippen LogP contribution in [-0.4, -0.2) is 32.9 Å². The molecule has 1 heterocycles. The molecule has 0 radical (unpaired) electrons. The smallest absolute Gasteiger partial charge is 0.230 e. The maximum atomic E-state index is 11.5. The van der Waals surface area contributed by atoms with Crippen LogP contribution in [0.2, 0.25) is 0 Å². The summed E-state index contributed by atoms with van der Waals surface area (Å²) < 4.78 is 0. The fourth-order valence-electron chi connectivity index (χ4n) is 1.41. The summed E-state index contributed by atoms with van der Waals surface area (Å²) in [6.07, 6.45) is 3.93. The summed E-state index contributed by atoms with van der Waals surface area (Å²) in [5.41, 5.74) is 0. The van der Waals surface area contributed by atoms with Crippen LogP contribution in [0, 0.1) is 5.92 Å². The topological polar surface area (TPSA) is 70.7 Å². The first-order valence-corrected chi connectivity index (χ1v) is 6.02. The standard InChI is InChI=1S/C9H14N4OS/c1-6(7-2-3-7)12-8(14)4-15-9-10-5-11-13-9/h5-7H,2-4H2,1H3,(H,12,14)(H,10,11,13)/t6-/m1/s1. The Morgan fingerprint density at radius 2 is 2.60 bits per heavy atom. The molecule has 1 aromatic heterocycles. The van der Waals surface area contributed by atoms with Crippen molar-refractivity contribution in [3.8, 4) is 0 Å². The monoisotopic (exact) mass is 226 g/mol. The van der Waals surface area contributed by atoms with Crippen LogP contribution in [0.15, 0.2) is 11.5 Å². The molecule has 6 heteroatoms. The number of thioether (sulfide) groups is 1. The first kappa shape index (κ1) is 10.5. The second-order valence-corrected chi connectivity index (χ2v) is 4.74. The van der Waals surface area contributed by atoms with E-state index in [9.17, 15) is 4.79 Å². The predicted octanol–water partition coefficient (Wildman–Crippen LogP) is 0.811. The van der Waals surface area contributed by atoms with E-state index in [4.69, 9.17) is 0 Å². The second kappa shape index (κ2) is 4.65. The van der Waals surface area contributed by atoms with Gasteiger partial charge in [0.15, 0.2) is 5.16 Å². The van der Waals surface area contributed by atoms with Gasteiger partial charge in [-0.05, 0) is 25.7 Å². The molecule has 82 valence electrons. The van der Waals surface area contributed by atoms with Gasteiger partial charge in [-0.1, -0.05) is 11.8 Å². The third-order valence-corrected chi connectivity index (χ3v) is 3.33. The SMILES string of the molecule is C[C@@H](NC(=O)CSc1ncn[nH]1)C1CC1. The van der Waals surface area contributed by atoms with Crippen LogP contribution in [0.25, 0.3) is 0 Å². The molecular weight excluding hydrogens is 212 g/mol. The summed E-state index contributed by atoms with van der Waals surface area (Å²) in [6, 6.07) is 0.313. The zero-order chi connectivity index (χ0) is 10.7. The van der Waals surface area contributed by atoms with Gasteiger partial charge in [-0.15, -0.1) is 0 Å². The summed E-state index contributed by atoms with van der Waals surface area (Å²) in [7, 11) is 0. The minimum Gasteiger partial charge on any atom is -0.353 e. The zero-order valence-corrected chi connectivity index (χ0v) is 9.38. The lowest BCUT2D eigenvalue weighted by atomic mass is 10.2. The number of carbonyl (C=O) groups excluding carboxylic acids is 1. The summed E-state index contributed by atoms with van der Waals surface area (Å²) in [5.74, 6) is 1.16. The van der Waals surface area contributed by atoms with E-state index in [1.807, 2.05) is 0 Å². The lowest BCUT2D eigenvalue weighted by Gasteiger charge is -2.11. The molecule has 0 aliphatic heterocycles. The van der Waals surface area contributed by atoms with Gasteiger partial charge < -0.3 is 5.32 Å². The average Bonchev–Trinajstić information content (AvgIpc) is 2.93. The van der Waals surface area contributed by atoms with Crippen LogP contribution in [0.3, 0.4) is 0 Å². The van der Waals surface area contributed by atoms with Gasteiger partial charge in [-0.25, -0.2) is 4.98 Å². The fraction of sp³-hybridized carbons (Fsp3) is 0.667. The van der Waals surface area contributed by atoms with Crippen molar-refractivity contribution < 1.29 is 4.79 Å². The van der Waals surface area contributed by atoms with Crippen LogP contribution in [0.4, 0.5) is 0 Å². The van der Waals surface area contributed by atoms with Gasteiger partial charge in [-0.2, -0.15) is 5.10 Å². The maximum Gasteiger partial charge on any atom is 0.230 e. The van der Waals surface area contributed by atoms with Crippen LogP contribution in [-0.2, 0) is 4.79 Å². The third kappa shape index (κ3) is 3.23. The summed E-state index contributed by atoms with van der Waals surface area (Å²) in [5, 5.41) is 10.1. The fourth-order valence-corrected chi connectivity index (χ4v) is 2.00. The molecule has 15 heavy (non-hydrogen) atoms. The number of rotatable bonds is 5. The van der Waals surface area contributed by atoms with E-state index in [-0.39, 0.29) is 5.91 Å². The van der Waals surface area contributed by atoms with Crippen molar-refractivity contribution in [1.82, 2.24) is 20.5 Å². The Bertz CT molecular complexity index is 323. The van der Waals surface area contributed by atoms with Crippen molar-refractivity contribution in [3.63, 3.8) is 0 Å². The lowest BCUT2D eigenvalue weighted by Crippen LogP contribution is -2.35. The zero-order valence-electron chi connectivity index (χ0n) is 8.56. The van der Waals surface area contributed by atoms with E-state index in [1.165, 1.54) is 30.9 Å². The van der Waals surface area contributed by atoms with E-state index in [0.29, 0.717) is 22.9 Å². The van der Waals surface area contributed by atoms with Gasteiger partial charge >= 0.3 is 0 Å². The number of amides is 1. The van der Waals surface area contributed by atoms with Crippen molar-refractivity contribution in [2.75, 3.05) is 5.75 Å². The van der Waals surface area contributed by atoms with Crippen LogP contribution in [0.1, 0.15) is 19.8 Å². The molecule has 1 saturated carbocycles. The number of H-pyrrole nitrogens is 1. The molecule has 0 saturated heterocycles. The molecule has 0 aromatic carbocycles. The first-order valence-electron chi connectivity index (χ1n) is 5.03. The number of aromatic amines is 1. The van der Waals surface area contributed by atoms with Gasteiger partial charge in [0.2, 0.25) is 5.91 Å². The molecule has 1 aliphatic rings. The second-order valence-electron chi connectivity index (χ2n) is 3.77. The number of carbonyl (C=O) groups is 1. The van der Waals surface area contributed by atoms with Gasteiger partial charge in [0.05, 0.1) is 5.75 Å². The van der Waals surface area contributed by atoms with Crippen molar-refractivity contribution in [2.24, 2.45) is 5.92 Å². The summed E-state index contributed by atoms with van der Waals surface area (Å²) in [6.45, 7) is 2.06. The Labute approximate surface area is 92.4 Å². The highest BCUT2D eigenvalue weighted by Gasteiger charge is 2.28. The van der Waals surface area contributed by atoms with Crippen LogP contribution in [0.5, 0.6) is 0 Å². The third-order valence-electron chi connectivity index (χ3n) is 2.45. The molecule has 0 bridgehead atoms. The van der Waals surface area contributed by atoms with E-state index < -0.39 is 0 Å². The van der Waals surface area contributed by atoms with Gasteiger partial charge in [0.25, 0.3) is 0 Å². The van der Waals surface area contributed by atoms with Crippen LogP contribution >= 0.6 is 11.8 Å². The molecule has 5 nitrogen and oxygen atoms in total. The molecule has 1 aliphatic carbocycles. The molecule has 1 amide bonds. The van der Waals surface area contributed by atoms with E-state index in [0.717, 1.165) is 0 Å². The Hall–Kier alpha value is -1.04. The van der Waals surface area contributed by atoms with E-state index >= 15 is 0 Å². The predicted molar refractivity (Wildman–Crippen MR) is 57.4 cm³/mol. The van der Waals surface area contributed by atoms with Crippen molar-refractivity contribution in [3.05, 3.63) is 6.33 Å². The molecule has 2 rings (SSSR count). The number of hydrogen-bond acceptors (Lipinski definition) is 4. The van der Waals surface area contributed by atoms with Crippen LogP contribution < -0.4 is 5.32 Å². The lowest BCUT2D eigenvalue weighted by molar-refractivity contribution is -0.119. The minimum absolute atomic E-state index is 0.0656. The first-order chi connectivity index (χ1) is 7.25. The molecule has 2 N–H and O–H groups in total. The quantitative estimate of drug-likeness (QED) is 0.729. The highest BCUT2D eigenvalue weighted by atomic mass is 32.2. The molecule has 0 unspecified atom stereocenters. The Balaban J connectivity index is 1.68. The van der Waals surface area contributed by atoms with Crippen molar-refractivity contribution >= 4 is 17.7 Å². The minimum atomic E-state index is 0.0656. The number of nitrogens with one attached hydrogen (secondary N) is 2. The Morgan fingerprint density at radius 3 is 3.20 bits per heavy atom. The molecular formula is C9H14N4OS. The molecule has 1 atom stereocenters. The highest BCUT2D eigenvalue weighted by Crippen LogP contribution is 2.32. The van der Waals surface area contributed by atoms with Crippen molar-refractivity contribution in [1.29, 1.82) is 0 Å². The normalized spacial score (nSPS) is 17.4. The number of nitrogens with zero attached hydrogens (tertiary/aromatic N) is 2. The molecule has 0 spiro atoms. The van der Waals surface area contributed by atoms with Crippen molar-refractivity contribution in [2.45, 2.75) is 31.0 Å². The molecule has 1 aromatic rings. The summed E-state index contributed by atoms with van der Waals surface area (Å²) >= 11 is 1.37. The number of hydrogen-bond donors (Lipinski definition) is 2. The average molecular weight is 226 g/mol. The Morgan fingerprint density at radius 1 is 1.80 bits per heavy atom. The van der Waals surface area contributed by atoms with Gasteiger partial charge in [0, 0.05) is 6.04 Å². The highest BCUT2D eigenvalue weighted by molar-refractivity contribution is 7.99.